The van der Waals surface area contributed by atoms with Crippen LogP contribution in [0.1, 0.15) is 38.1 Å². The molecule has 0 saturated carbocycles. The molecule has 1 heterocycles. The van der Waals surface area contributed by atoms with Gasteiger partial charge in [-0.25, -0.2) is 0 Å². The molecule has 8 nitrogen and oxygen atoms in total. The van der Waals surface area contributed by atoms with Crippen molar-refractivity contribution in [1.29, 1.82) is 0 Å². The molecule has 0 fully saturated rings. The van der Waals surface area contributed by atoms with Crippen LogP contribution in [0.25, 0.3) is 11.0 Å². The molecule has 0 aliphatic carbocycles. The lowest BCUT2D eigenvalue weighted by Gasteiger charge is -2.30. The van der Waals surface area contributed by atoms with Crippen LogP contribution in [-0.2, 0) is 0 Å². The van der Waals surface area contributed by atoms with Crippen LogP contribution in [0.5, 0.6) is 17.2 Å². The van der Waals surface area contributed by atoms with Crippen LogP contribution in [0.2, 0.25) is 0 Å². The highest BCUT2D eigenvalue weighted by Gasteiger charge is 2.29. The van der Waals surface area contributed by atoms with Gasteiger partial charge < -0.3 is 29.7 Å². The Balaban J connectivity index is 2.54. The van der Waals surface area contributed by atoms with Gasteiger partial charge in [0.25, 0.3) is 5.91 Å². The molecule has 0 saturated heterocycles. The molecule has 1 aromatic carbocycles. The minimum atomic E-state index is -0.351. The van der Waals surface area contributed by atoms with Gasteiger partial charge in [-0.2, -0.15) is 0 Å². The number of amides is 1. The summed E-state index contributed by atoms with van der Waals surface area (Å²) in [5.74, 6) is 0.753. The number of fused-ring (bicyclic) bond motifs is 1. The van der Waals surface area contributed by atoms with Crippen LogP contribution in [0, 0.1) is 0 Å². The molecule has 0 aliphatic rings. The van der Waals surface area contributed by atoms with Crippen LogP contribution >= 0.6 is 0 Å². The lowest BCUT2D eigenvalue weighted by atomic mass is 10.1. The second kappa shape index (κ2) is 9.05. The predicted octanol–water partition coefficient (Wildman–Crippen LogP) is 2.89. The van der Waals surface area contributed by atoms with Crippen molar-refractivity contribution in [2.45, 2.75) is 39.8 Å². The Hall–Kier alpha value is -2.61. The maximum Gasteiger partial charge on any atom is 0.258 e. The first kappa shape index (κ1) is 21.7. The van der Waals surface area contributed by atoms with E-state index in [2.05, 4.69) is 37.9 Å². The van der Waals surface area contributed by atoms with Crippen molar-refractivity contribution < 1.29 is 23.4 Å². The third-order valence-corrected chi connectivity index (χ3v) is 4.65. The average Bonchev–Trinajstić information content (AvgIpc) is 3.03. The Morgan fingerprint density at radius 2 is 1.75 bits per heavy atom. The van der Waals surface area contributed by atoms with Gasteiger partial charge in [-0.3, -0.25) is 9.69 Å². The van der Waals surface area contributed by atoms with Crippen LogP contribution in [0.15, 0.2) is 10.5 Å². The van der Waals surface area contributed by atoms with Crippen molar-refractivity contribution in [2.24, 2.45) is 0 Å². The summed E-state index contributed by atoms with van der Waals surface area (Å²) in [5.41, 5.74) is 6.45. The van der Waals surface area contributed by atoms with E-state index < -0.39 is 0 Å². The topological polar surface area (TPSA) is 99.2 Å². The lowest BCUT2D eigenvalue weighted by molar-refractivity contribution is 0.0951. The number of hydrogen-bond donors (Lipinski definition) is 2. The fourth-order valence-electron chi connectivity index (χ4n) is 3.43. The van der Waals surface area contributed by atoms with Crippen molar-refractivity contribution >= 4 is 22.8 Å². The molecule has 0 unspecified atom stereocenters. The number of carbonyl (C=O) groups excluding carboxylic acids is 1. The number of ether oxygens (including phenoxy) is 3. The molecule has 0 bridgehead atoms. The molecule has 8 heteroatoms. The van der Waals surface area contributed by atoms with Gasteiger partial charge in [0.1, 0.15) is 17.9 Å². The Labute approximate surface area is 165 Å². The van der Waals surface area contributed by atoms with Crippen molar-refractivity contribution in [2.75, 3.05) is 40.2 Å². The van der Waals surface area contributed by atoms with Gasteiger partial charge in [-0.15, -0.1) is 0 Å². The SMILES string of the molecule is CNC(=O)c1c(OCCN(C(C)C)C(C)C)c(OC)c2oc(N)cc2c1OC. The van der Waals surface area contributed by atoms with E-state index in [-0.39, 0.29) is 23.1 Å². The number of nitrogens with one attached hydrogen (secondary N) is 1. The van der Waals surface area contributed by atoms with Crippen LogP contribution in [0.4, 0.5) is 5.88 Å². The molecule has 2 aromatic rings. The molecular formula is C20H31N3O5. The molecule has 0 radical (unpaired) electrons. The quantitative estimate of drug-likeness (QED) is 0.676. The minimum Gasteiger partial charge on any atom is -0.495 e. The first-order chi connectivity index (χ1) is 13.3. The first-order valence-corrected chi connectivity index (χ1v) is 9.34. The maximum absolute atomic E-state index is 12.6. The number of methoxy groups -OCH3 is 2. The Morgan fingerprint density at radius 1 is 1.14 bits per heavy atom. The maximum atomic E-state index is 12.6. The second-order valence-electron chi connectivity index (χ2n) is 7.02. The fraction of sp³-hybridized carbons (Fsp3) is 0.550. The summed E-state index contributed by atoms with van der Waals surface area (Å²) in [5, 5.41) is 3.18. The number of hydrogen-bond acceptors (Lipinski definition) is 7. The van der Waals surface area contributed by atoms with Gasteiger partial charge in [-0.05, 0) is 27.7 Å². The highest BCUT2D eigenvalue weighted by Crippen LogP contribution is 2.47. The Morgan fingerprint density at radius 3 is 2.25 bits per heavy atom. The third-order valence-electron chi connectivity index (χ3n) is 4.65. The van der Waals surface area contributed by atoms with Crippen molar-refractivity contribution in [3.8, 4) is 17.2 Å². The van der Waals surface area contributed by atoms with Crippen LogP contribution < -0.4 is 25.3 Å². The van der Waals surface area contributed by atoms with Crippen molar-refractivity contribution in [3.63, 3.8) is 0 Å². The largest absolute Gasteiger partial charge is 0.495 e. The van der Waals surface area contributed by atoms with Gasteiger partial charge in [0.2, 0.25) is 5.75 Å². The van der Waals surface area contributed by atoms with E-state index in [4.69, 9.17) is 24.4 Å². The van der Waals surface area contributed by atoms with Gasteiger partial charge >= 0.3 is 0 Å². The summed E-state index contributed by atoms with van der Waals surface area (Å²) in [6, 6.07) is 2.34. The van der Waals surface area contributed by atoms with E-state index in [1.54, 1.807) is 13.1 Å². The molecule has 1 aromatic heterocycles. The highest BCUT2D eigenvalue weighted by molar-refractivity contribution is 6.08. The third kappa shape index (κ3) is 4.11. The van der Waals surface area contributed by atoms with Gasteiger partial charge in [-0.1, -0.05) is 0 Å². The minimum absolute atomic E-state index is 0.192. The van der Waals surface area contributed by atoms with Gasteiger partial charge in [0.05, 0.1) is 19.6 Å². The number of rotatable bonds is 9. The highest BCUT2D eigenvalue weighted by atomic mass is 16.5. The number of nitrogens with two attached hydrogens (primary N) is 1. The number of carbonyl (C=O) groups is 1. The fourth-order valence-corrected chi connectivity index (χ4v) is 3.43. The number of nitrogens with zero attached hydrogens (tertiary/aromatic N) is 1. The van der Waals surface area contributed by atoms with E-state index in [1.165, 1.54) is 14.2 Å². The van der Waals surface area contributed by atoms with Crippen LogP contribution in [0.3, 0.4) is 0 Å². The van der Waals surface area contributed by atoms with Gasteiger partial charge in [0.15, 0.2) is 17.2 Å². The van der Waals surface area contributed by atoms with E-state index in [1.807, 2.05) is 0 Å². The first-order valence-electron chi connectivity index (χ1n) is 9.34. The molecule has 0 atom stereocenters. The predicted molar refractivity (Wildman–Crippen MR) is 110 cm³/mol. The summed E-state index contributed by atoms with van der Waals surface area (Å²) < 4.78 is 22.7. The molecule has 3 N–H and O–H groups in total. The zero-order chi connectivity index (χ0) is 21.0. The average molecular weight is 393 g/mol. The summed E-state index contributed by atoms with van der Waals surface area (Å²) in [6.07, 6.45) is 0. The summed E-state index contributed by atoms with van der Waals surface area (Å²) in [6.45, 7) is 9.59. The molecule has 28 heavy (non-hydrogen) atoms. The monoisotopic (exact) mass is 393 g/mol. The van der Waals surface area contributed by atoms with E-state index in [9.17, 15) is 4.79 Å². The molecule has 0 spiro atoms. The molecule has 156 valence electrons. The van der Waals surface area contributed by atoms with E-state index in [0.29, 0.717) is 47.7 Å². The zero-order valence-electron chi connectivity index (χ0n) is 17.7. The van der Waals surface area contributed by atoms with Crippen molar-refractivity contribution in [3.05, 3.63) is 11.6 Å². The number of benzene rings is 1. The summed E-state index contributed by atoms with van der Waals surface area (Å²) in [7, 11) is 4.53. The molecular weight excluding hydrogens is 362 g/mol. The summed E-state index contributed by atoms with van der Waals surface area (Å²) >= 11 is 0. The Bertz CT molecular complexity index is 821. The lowest BCUT2D eigenvalue weighted by Crippen LogP contribution is -2.39. The van der Waals surface area contributed by atoms with Crippen LogP contribution in [-0.4, -0.2) is 57.3 Å². The van der Waals surface area contributed by atoms with Gasteiger partial charge in [0, 0.05) is 31.7 Å². The van der Waals surface area contributed by atoms with E-state index in [0.717, 1.165) is 0 Å². The normalized spacial score (nSPS) is 11.5. The standard InChI is InChI=1S/C20H31N3O5/c1-11(2)23(12(3)4)8-9-27-18-15(20(24)22-5)16(25-6)13-10-14(21)28-17(13)19(18)26-7/h10-12H,8-9,21H2,1-7H3,(H,22,24). The Kier molecular flexibility index (Phi) is 7.01. The number of anilines is 1. The summed E-state index contributed by atoms with van der Waals surface area (Å²) in [4.78, 5) is 14.9. The number of nitrogen functional groups attached to an aromatic ring is 1. The zero-order valence-corrected chi connectivity index (χ0v) is 17.7. The molecule has 2 rings (SSSR count). The van der Waals surface area contributed by atoms with Crippen molar-refractivity contribution in [1.82, 2.24) is 10.2 Å². The second-order valence-corrected chi connectivity index (χ2v) is 7.02. The molecule has 0 aliphatic heterocycles. The molecule has 1 amide bonds. The smallest absolute Gasteiger partial charge is 0.258 e. The number of furan rings is 1. The van der Waals surface area contributed by atoms with E-state index >= 15 is 0 Å².